The standard InChI is InChI=1S/C16H12ClN5/c1-22-8-10-5-13-15(7-14(10)21-22)18-9-19-16(13)20-12-4-2-3-11(17)6-12/h2-9H,1H3,(H,18,19,20). The molecule has 4 aromatic rings. The number of nitrogens with zero attached hydrogens (tertiary/aromatic N) is 4. The van der Waals surface area contributed by atoms with Crippen LogP contribution in [0.25, 0.3) is 21.8 Å². The minimum absolute atomic E-state index is 0.679. The van der Waals surface area contributed by atoms with E-state index in [0.717, 1.165) is 33.3 Å². The molecule has 0 aliphatic carbocycles. The summed E-state index contributed by atoms with van der Waals surface area (Å²) >= 11 is 6.03. The third kappa shape index (κ3) is 2.25. The quantitative estimate of drug-likeness (QED) is 0.610. The first kappa shape index (κ1) is 13.0. The zero-order valence-corrected chi connectivity index (χ0v) is 12.5. The van der Waals surface area contributed by atoms with E-state index in [4.69, 9.17) is 11.6 Å². The Bertz CT molecular complexity index is 992. The molecule has 108 valence electrons. The van der Waals surface area contributed by atoms with Crippen LogP contribution in [0.4, 0.5) is 11.5 Å². The molecule has 0 saturated heterocycles. The van der Waals surface area contributed by atoms with Gasteiger partial charge in [-0.15, -0.1) is 0 Å². The highest BCUT2D eigenvalue weighted by Gasteiger charge is 2.08. The molecule has 2 aromatic carbocycles. The molecular formula is C16H12ClN5. The highest BCUT2D eigenvalue weighted by Crippen LogP contribution is 2.27. The summed E-state index contributed by atoms with van der Waals surface area (Å²) in [6.45, 7) is 0. The van der Waals surface area contributed by atoms with Crippen LogP contribution in [0.2, 0.25) is 5.02 Å². The van der Waals surface area contributed by atoms with Crippen molar-refractivity contribution >= 4 is 44.9 Å². The Morgan fingerprint density at radius 3 is 2.86 bits per heavy atom. The van der Waals surface area contributed by atoms with E-state index in [0.29, 0.717) is 5.02 Å². The summed E-state index contributed by atoms with van der Waals surface area (Å²) in [6, 6.07) is 11.6. The van der Waals surface area contributed by atoms with Crippen LogP contribution in [0.3, 0.4) is 0 Å². The van der Waals surface area contributed by atoms with Crippen LogP contribution in [-0.4, -0.2) is 19.7 Å². The van der Waals surface area contributed by atoms with Gasteiger partial charge in [0, 0.05) is 34.7 Å². The summed E-state index contributed by atoms with van der Waals surface area (Å²) < 4.78 is 1.79. The molecule has 4 rings (SSSR count). The Hall–Kier alpha value is -2.66. The van der Waals surface area contributed by atoms with Gasteiger partial charge in [0.05, 0.1) is 11.0 Å². The Morgan fingerprint density at radius 2 is 2.00 bits per heavy atom. The van der Waals surface area contributed by atoms with Gasteiger partial charge in [-0.3, -0.25) is 4.68 Å². The fraction of sp³-hybridized carbons (Fsp3) is 0.0625. The molecule has 2 aromatic heterocycles. The zero-order chi connectivity index (χ0) is 15.1. The number of benzene rings is 2. The van der Waals surface area contributed by atoms with E-state index in [2.05, 4.69) is 20.4 Å². The number of fused-ring (bicyclic) bond motifs is 2. The molecule has 0 spiro atoms. The maximum Gasteiger partial charge on any atom is 0.141 e. The van der Waals surface area contributed by atoms with Crippen LogP contribution < -0.4 is 5.32 Å². The molecule has 5 nitrogen and oxygen atoms in total. The van der Waals surface area contributed by atoms with Gasteiger partial charge in [-0.25, -0.2) is 9.97 Å². The van der Waals surface area contributed by atoms with Gasteiger partial charge in [0.15, 0.2) is 0 Å². The average molecular weight is 310 g/mol. The molecule has 0 unspecified atom stereocenters. The van der Waals surface area contributed by atoms with E-state index in [1.165, 1.54) is 0 Å². The number of aromatic nitrogens is 4. The highest BCUT2D eigenvalue weighted by molar-refractivity contribution is 6.30. The second kappa shape index (κ2) is 4.96. The second-order valence-corrected chi connectivity index (χ2v) is 5.53. The Labute approximate surface area is 131 Å². The van der Waals surface area contributed by atoms with Crippen molar-refractivity contribution in [1.29, 1.82) is 0 Å². The van der Waals surface area contributed by atoms with Gasteiger partial charge < -0.3 is 5.32 Å². The van der Waals surface area contributed by atoms with E-state index in [1.807, 2.05) is 49.6 Å². The van der Waals surface area contributed by atoms with E-state index < -0.39 is 0 Å². The van der Waals surface area contributed by atoms with Gasteiger partial charge in [-0.2, -0.15) is 5.10 Å². The Kier molecular flexibility index (Phi) is 2.94. The van der Waals surface area contributed by atoms with Crippen molar-refractivity contribution in [3.8, 4) is 0 Å². The molecule has 0 aliphatic heterocycles. The van der Waals surface area contributed by atoms with Crippen molar-refractivity contribution < 1.29 is 0 Å². The van der Waals surface area contributed by atoms with Crippen LogP contribution in [0.1, 0.15) is 0 Å². The van der Waals surface area contributed by atoms with E-state index >= 15 is 0 Å². The Morgan fingerprint density at radius 1 is 1.09 bits per heavy atom. The van der Waals surface area contributed by atoms with Crippen LogP contribution in [0, 0.1) is 0 Å². The molecule has 1 N–H and O–H groups in total. The van der Waals surface area contributed by atoms with Crippen molar-refractivity contribution in [1.82, 2.24) is 19.7 Å². The molecule has 0 amide bonds. The van der Waals surface area contributed by atoms with Gasteiger partial charge in [0.1, 0.15) is 12.1 Å². The van der Waals surface area contributed by atoms with Gasteiger partial charge in [-0.1, -0.05) is 17.7 Å². The van der Waals surface area contributed by atoms with Crippen LogP contribution >= 0.6 is 11.6 Å². The lowest BCUT2D eigenvalue weighted by Crippen LogP contribution is -1.95. The molecular weight excluding hydrogens is 298 g/mol. The molecule has 0 aliphatic rings. The summed E-state index contributed by atoms with van der Waals surface area (Å²) in [6.07, 6.45) is 3.52. The van der Waals surface area contributed by atoms with Crippen molar-refractivity contribution in [2.45, 2.75) is 0 Å². The topological polar surface area (TPSA) is 55.6 Å². The molecule has 0 fully saturated rings. The first-order valence-electron chi connectivity index (χ1n) is 6.80. The fourth-order valence-corrected chi connectivity index (χ4v) is 2.69. The lowest BCUT2D eigenvalue weighted by atomic mass is 10.1. The SMILES string of the molecule is Cn1cc2cc3c(Nc4cccc(Cl)c4)ncnc3cc2n1. The molecule has 0 radical (unpaired) electrons. The first-order chi connectivity index (χ1) is 10.7. The molecule has 0 atom stereocenters. The number of nitrogens with one attached hydrogen (secondary N) is 1. The van der Waals surface area contributed by atoms with Crippen LogP contribution in [-0.2, 0) is 7.05 Å². The smallest absolute Gasteiger partial charge is 0.141 e. The minimum Gasteiger partial charge on any atom is -0.340 e. The molecule has 22 heavy (non-hydrogen) atoms. The van der Waals surface area contributed by atoms with Crippen LogP contribution in [0.5, 0.6) is 0 Å². The Balaban J connectivity index is 1.87. The minimum atomic E-state index is 0.679. The predicted octanol–water partition coefficient (Wildman–Crippen LogP) is 3.91. The van der Waals surface area contributed by atoms with Crippen LogP contribution in [0.15, 0.2) is 48.9 Å². The molecule has 6 heteroatoms. The molecule has 0 saturated carbocycles. The lowest BCUT2D eigenvalue weighted by molar-refractivity contribution is 0.780. The normalized spacial score (nSPS) is 11.2. The molecule has 0 bridgehead atoms. The molecule has 2 heterocycles. The largest absolute Gasteiger partial charge is 0.340 e. The lowest BCUT2D eigenvalue weighted by Gasteiger charge is -2.08. The number of aryl methyl sites for hydroxylation is 1. The third-order valence-corrected chi connectivity index (χ3v) is 3.70. The number of anilines is 2. The van der Waals surface area contributed by atoms with Crippen molar-refractivity contribution in [3.05, 3.63) is 53.9 Å². The van der Waals surface area contributed by atoms with Gasteiger partial charge in [0.25, 0.3) is 0 Å². The predicted molar refractivity (Wildman–Crippen MR) is 88.5 cm³/mol. The number of rotatable bonds is 2. The maximum atomic E-state index is 6.03. The average Bonchev–Trinajstić information content (AvgIpc) is 2.84. The van der Waals surface area contributed by atoms with E-state index in [9.17, 15) is 0 Å². The van der Waals surface area contributed by atoms with Crippen molar-refractivity contribution in [2.75, 3.05) is 5.32 Å². The van der Waals surface area contributed by atoms with Gasteiger partial charge in [0.2, 0.25) is 0 Å². The van der Waals surface area contributed by atoms with Crippen molar-refractivity contribution in [2.24, 2.45) is 7.05 Å². The van der Waals surface area contributed by atoms with Crippen molar-refractivity contribution in [3.63, 3.8) is 0 Å². The number of hydrogen-bond donors (Lipinski definition) is 1. The van der Waals surface area contributed by atoms with E-state index in [-0.39, 0.29) is 0 Å². The zero-order valence-electron chi connectivity index (χ0n) is 11.8. The number of halogens is 1. The monoisotopic (exact) mass is 309 g/mol. The van der Waals surface area contributed by atoms with Gasteiger partial charge in [-0.05, 0) is 30.3 Å². The summed E-state index contributed by atoms with van der Waals surface area (Å²) in [7, 11) is 1.90. The summed E-state index contributed by atoms with van der Waals surface area (Å²) in [5.41, 5.74) is 2.66. The fourth-order valence-electron chi connectivity index (χ4n) is 2.50. The maximum absolute atomic E-state index is 6.03. The third-order valence-electron chi connectivity index (χ3n) is 3.46. The highest BCUT2D eigenvalue weighted by atomic mass is 35.5. The summed E-state index contributed by atoms with van der Waals surface area (Å²) in [5, 5.41) is 10.4. The summed E-state index contributed by atoms with van der Waals surface area (Å²) in [4.78, 5) is 8.69. The van der Waals surface area contributed by atoms with E-state index in [1.54, 1.807) is 11.0 Å². The summed E-state index contributed by atoms with van der Waals surface area (Å²) in [5.74, 6) is 0.748. The van der Waals surface area contributed by atoms with Gasteiger partial charge >= 0.3 is 0 Å². The second-order valence-electron chi connectivity index (χ2n) is 5.09. The number of hydrogen-bond acceptors (Lipinski definition) is 4. The first-order valence-corrected chi connectivity index (χ1v) is 7.17.